The molecule has 0 bridgehead atoms. The number of rotatable bonds is 3. The van der Waals surface area contributed by atoms with Crippen molar-refractivity contribution in [3.63, 3.8) is 0 Å². The summed E-state index contributed by atoms with van der Waals surface area (Å²) in [5.41, 5.74) is 0. The average molecular weight is 274 g/mol. The van der Waals surface area contributed by atoms with Gasteiger partial charge in [0, 0.05) is 35.0 Å². The Morgan fingerprint density at radius 1 is 1.11 bits per heavy atom. The zero-order valence-corrected chi connectivity index (χ0v) is 11.3. The van der Waals surface area contributed by atoms with Crippen molar-refractivity contribution < 1.29 is 9.72 Å². The van der Waals surface area contributed by atoms with E-state index in [-0.39, 0.29) is 27.9 Å². The summed E-state index contributed by atoms with van der Waals surface area (Å²) in [7, 11) is 0. The third-order valence-corrected chi connectivity index (χ3v) is 4.93. The van der Waals surface area contributed by atoms with Gasteiger partial charge in [-0.05, 0) is 19.3 Å². The molecule has 2 rings (SSSR count). The number of carbonyl (C=O) groups excluding carboxylic acids is 1. The first-order chi connectivity index (χ1) is 8.59. The van der Waals surface area contributed by atoms with E-state index in [4.69, 9.17) is 11.6 Å². The lowest BCUT2D eigenvalue weighted by Crippen LogP contribution is -2.40. The predicted octanol–water partition coefficient (Wildman–Crippen LogP) is 3.19. The molecule has 0 aromatic rings. The Labute approximate surface area is 112 Å². The SMILES string of the molecule is O=C(C1CCCCC1)C1CC([N+](=O)[O-])CCC1Cl. The standard InChI is InChI=1S/C13H20ClNO3/c14-12-7-6-10(15(17)18)8-11(12)13(16)9-4-2-1-3-5-9/h9-12H,1-8H2. The number of Topliss-reactive ketones (excluding diaryl/α,β-unsaturated/α-hetero) is 1. The van der Waals surface area contributed by atoms with Gasteiger partial charge in [0.15, 0.2) is 0 Å². The van der Waals surface area contributed by atoms with Crippen molar-refractivity contribution in [3.05, 3.63) is 10.1 Å². The first kappa shape index (κ1) is 13.8. The zero-order chi connectivity index (χ0) is 13.1. The van der Waals surface area contributed by atoms with E-state index in [1.165, 1.54) is 6.42 Å². The van der Waals surface area contributed by atoms with Gasteiger partial charge in [-0.2, -0.15) is 0 Å². The number of ketones is 1. The molecule has 18 heavy (non-hydrogen) atoms. The lowest BCUT2D eigenvalue weighted by molar-refractivity contribution is -0.527. The number of hydrogen-bond donors (Lipinski definition) is 0. The smallest absolute Gasteiger partial charge is 0.213 e. The number of carbonyl (C=O) groups is 1. The van der Waals surface area contributed by atoms with E-state index in [0.717, 1.165) is 25.7 Å². The number of alkyl halides is 1. The van der Waals surface area contributed by atoms with E-state index in [1.54, 1.807) is 0 Å². The van der Waals surface area contributed by atoms with E-state index in [9.17, 15) is 14.9 Å². The molecule has 4 nitrogen and oxygen atoms in total. The Hall–Kier alpha value is -0.640. The molecule has 0 aliphatic heterocycles. The lowest BCUT2D eigenvalue weighted by atomic mass is 9.75. The highest BCUT2D eigenvalue weighted by Gasteiger charge is 2.41. The highest BCUT2D eigenvalue weighted by atomic mass is 35.5. The second kappa shape index (κ2) is 6.00. The molecule has 0 radical (unpaired) electrons. The molecule has 3 unspecified atom stereocenters. The monoisotopic (exact) mass is 273 g/mol. The summed E-state index contributed by atoms with van der Waals surface area (Å²) in [6.07, 6.45) is 6.76. The highest BCUT2D eigenvalue weighted by molar-refractivity contribution is 6.22. The molecular formula is C13H20ClNO3. The van der Waals surface area contributed by atoms with Crippen molar-refractivity contribution in [1.82, 2.24) is 0 Å². The predicted molar refractivity (Wildman–Crippen MR) is 69.3 cm³/mol. The van der Waals surface area contributed by atoms with Crippen molar-refractivity contribution in [2.75, 3.05) is 0 Å². The van der Waals surface area contributed by atoms with Gasteiger partial charge in [0.1, 0.15) is 5.78 Å². The fourth-order valence-corrected chi connectivity index (χ4v) is 3.64. The molecule has 102 valence electrons. The van der Waals surface area contributed by atoms with E-state index < -0.39 is 6.04 Å². The van der Waals surface area contributed by atoms with Crippen molar-refractivity contribution >= 4 is 17.4 Å². The minimum atomic E-state index is -0.572. The molecule has 0 saturated heterocycles. The number of halogens is 1. The summed E-state index contributed by atoms with van der Waals surface area (Å²) in [6.45, 7) is 0. The topological polar surface area (TPSA) is 60.2 Å². The van der Waals surface area contributed by atoms with Gasteiger partial charge in [-0.25, -0.2) is 0 Å². The first-order valence-corrected chi connectivity index (χ1v) is 7.34. The van der Waals surface area contributed by atoms with Gasteiger partial charge in [0.05, 0.1) is 0 Å². The largest absolute Gasteiger partial charge is 0.299 e. The number of hydrogen-bond acceptors (Lipinski definition) is 3. The minimum absolute atomic E-state index is 0.107. The van der Waals surface area contributed by atoms with Crippen LogP contribution in [-0.4, -0.2) is 22.1 Å². The first-order valence-electron chi connectivity index (χ1n) is 6.91. The van der Waals surface area contributed by atoms with Crippen LogP contribution < -0.4 is 0 Å². The fraction of sp³-hybridized carbons (Fsp3) is 0.923. The quantitative estimate of drug-likeness (QED) is 0.451. The minimum Gasteiger partial charge on any atom is -0.299 e. The van der Waals surface area contributed by atoms with Gasteiger partial charge in [-0.15, -0.1) is 11.6 Å². The molecule has 0 N–H and O–H groups in total. The summed E-state index contributed by atoms with van der Waals surface area (Å²) >= 11 is 6.22. The molecule has 0 aromatic carbocycles. The van der Waals surface area contributed by atoms with Gasteiger partial charge in [-0.1, -0.05) is 19.3 Å². The molecule has 3 atom stereocenters. The molecule has 0 spiro atoms. The zero-order valence-electron chi connectivity index (χ0n) is 10.5. The molecule has 2 aliphatic rings. The fourth-order valence-electron chi connectivity index (χ4n) is 3.29. The normalized spacial score (nSPS) is 34.2. The summed E-state index contributed by atoms with van der Waals surface area (Å²) in [5, 5.41) is 10.7. The van der Waals surface area contributed by atoms with Crippen LogP contribution in [0.15, 0.2) is 0 Å². The van der Waals surface area contributed by atoms with E-state index in [0.29, 0.717) is 19.3 Å². The molecule has 0 heterocycles. The van der Waals surface area contributed by atoms with Crippen LogP contribution >= 0.6 is 11.6 Å². The molecule has 5 heteroatoms. The Bertz CT molecular complexity index is 328. The van der Waals surface area contributed by atoms with Crippen LogP contribution in [0.5, 0.6) is 0 Å². The number of nitrogens with zero attached hydrogens (tertiary/aromatic N) is 1. The summed E-state index contributed by atoms with van der Waals surface area (Å²) in [6, 6.07) is -0.572. The third-order valence-electron chi connectivity index (χ3n) is 4.41. The Kier molecular flexibility index (Phi) is 4.60. The van der Waals surface area contributed by atoms with Crippen LogP contribution in [0.2, 0.25) is 0 Å². The second-order valence-corrected chi connectivity index (χ2v) is 6.17. The molecule has 2 saturated carbocycles. The van der Waals surface area contributed by atoms with E-state index >= 15 is 0 Å². The Morgan fingerprint density at radius 3 is 2.39 bits per heavy atom. The Morgan fingerprint density at radius 2 is 1.78 bits per heavy atom. The molecule has 2 aliphatic carbocycles. The van der Waals surface area contributed by atoms with Crippen LogP contribution in [0.3, 0.4) is 0 Å². The maximum absolute atomic E-state index is 12.4. The molecular weight excluding hydrogens is 254 g/mol. The van der Waals surface area contributed by atoms with Crippen LogP contribution in [-0.2, 0) is 4.79 Å². The van der Waals surface area contributed by atoms with Crippen LogP contribution in [0.25, 0.3) is 0 Å². The summed E-state index contributed by atoms with van der Waals surface area (Å²) in [4.78, 5) is 23.0. The van der Waals surface area contributed by atoms with Crippen LogP contribution in [0, 0.1) is 22.0 Å². The van der Waals surface area contributed by atoms with Crippen molar-refractivity contribution in [2.45, 2.75) is 62.8 Å². The second-order valence-electron chi connectivity index (χ2n) is 5.61. The summed E-state index contributed by atoms with van der Waals surface area (Å²) < 4.78 is 0. The maximum atomic E-state index is 12.4. The van der Waals surface area contributed by atoms with Gasteiger partial charge in [-0.3, -0.25) is 14.9 Å². The summed E-state index contributed by atoms with van der Waals surface area (Å²) in [5.74, 6) is 0.00988. The van der Waals surface area contributed by atoms with Crippen molar-refractivity contribution in [1.29, 1.82) is 0 Å². The average Bonchev–Trinajstić information content (AvgIpc) is 2.39. The molecule has 2 fully saturated rings. The van der Waals surface area contributed by atoms with Gasteiger partial charge < -0.3 is 0 Å². The lowest BCUT2D eigenvalue weighted by Gasteiger charge is -2.31. The number of nitro groups is 1. The van der Waals surface area contributed by atoms with Gasteiger partial charge in [0.2, 0.25) is 6.04 Å². The van der Waals surface area contributed by atoms with Crippen LogP contribution in [0.4, 0.5) is 0 Å². The van der Waals surface area contributed by atoms with Gasteiger partial charge in [0.25, 0.3) is 0 Å². The van der Waals surface area contributed by atoms with Crippen LogP contribution in [0.1, 0.15) is 51.4 Å². The van der Waals surface area contributed by atoms with E-state index in [2.05, 4.69) is 0 Å². The van der Waals surface area contributed by atoms with Gasteiger partial charge >= 0.3 is 0 Å². The van der Waals surface area contributed by atoms with Crippen molar-refractivity contribution in [3.8, 4) is 0 Å². The molecule has 0 amide bonds. The van der Waals surface area contributed by atoms with Crippen molar-refractivity contribution in [2.24, 2.45) is 11.8 Å². The van der Waals surface area contributed by atoms with E-state index in [1.807, 2.05) is 0 Å². The molecule has 0 aromatic heterocycles. The maximum Gasteiger partial charge on any atom is 0.213 e. The highest BCUT2D eigenvalue weighted by Crippen LogP contribution is 2.36. The third kappa shape index (κ3) is 3.02. The Balaban J connectivity index is 2.00.